The minimum absolute atomic E-state index is 0.00663. The first kappa shape index (κ1) is 34.7. The van der Waals surface area contributed by atoms with E-state index >= 15 is 0 Å². The molecule has 2 unspecified atom stereocenters. The molecule has 4 rings (SSSR count). The van der Waals surface area contributed by atoms with Crippen LogP contribution in [0.15, 0.2) is 83.2 Å². The molecule has 2 heterocycles. The highest BCUT2D eigenvalue weighted by molar-refractivity contribution is 7.91. The van der Waals surface area contributed by atoms with Crippen LogP contribution < -0.4 is 10.2 Å². The summed E-state index contributed by atoms with van der Waals surface area (Å²) in [6, 6.07) is 14.9. The lowest BCUT2D eigenvalue weighted by atomic mass is 9.85. The molecule has 0 aliphatic rings. The number of carboxylic acids is 1. The number of thiazole rings is 1. The van der Waals surface area contributed by atoms with Crippen molar-refractivity contribution in [3.8, 4) is 10.6 Å². The van der Waals surface area contributed by atoms with Crippen molar-refractivity contribution in [3.63, 3.8) is 0 Å². The first-order valence-electron chi connectivity index (χ1n) is 14.4. The molecule has 10 nitrogen and oxygen atoms in total. The van der Waals surface area contributed by atoms with Gasteiger partial charge in [0, 0.05) is 23.7 Å². The Balaban J connectivity index is 1.78. The second-order valence-corrected chi connectivity index (χ2v) is 15.6. The van der Waals surface area contributed by atoms with E-state index < -0.39 is 50.1 Å². The first-order valence-corrected chi connectivity index (χ1v) is 16.8. The highest BCUT2D eigenvalue weighted by Gasteiger charge is 2.43. The number of pyridine rings is 1. The molecule has 2 N–H and O–H groups in total. The van der Waals surface area contributed by atoms with Gasteiger partial charge in [0.25, 0.3) is 0 Å². The number of sulfone groups is 1. The second kappa shape index (κ2) is 13.7. The third kappa shape index (κ3) is 8.33. The van der Waals surface area contributed by atoms with Crippen LogP contribution in [0.2, 0.25) is 0 Å². The number of aromatic nitrogens is 2. The molecule has 0 aliphatic carbocycles. The van der Waals surface area contributed by atoms with Crippen molar-refractivity contribution >= 4 is 39.1 Å². The van der Waals surface area contributed by atoms with Crippen LogP contribution in [0, 0.1) is 11.2 Å². The highest BCUT2D eigenvalue weighted by atomic mass is 32.2. The molecule has 1 amide bonds. The van der Waals surface area contributed by atoms with Gasteiger partial charge in [0.1, 0.15) is 28.3 Å². The number of nitrogens with one attached hydrogen (secondary N) is 1. The van der Waals surface area contributed by atoms with E-state index in [4.69, 9.17) is 4.74 Å². The van der Waals surface area contributed by atoms with E-state index in [-0.39, 0.29) is 23.0 Å². The van der Waals surface area contributed by atoms with Gasteiger partial charge >= 0.3 is 12.1 Å². The average molecular weight is 669 g/mol. The molecule has 0 saturated heterocycles. The zero-order valence-electron chi connectivity index (χ0n) is 26.4. The molecule has 2 aromatic carbocycles. The number of anilines is 1. The van der Waals surface area contributed by atoms with Gasteiger partial charge < -0.3 is 9.84 Å². The number of ether oxygens (including phenoxy) is 1. The molecular formula is C33H37FN4O6S2. The van der Waals surface area contributed by atoms with Crippen molar-refractivity contribution < 1.29 is 32.2 Å². The lowest BCUT2D eigenvalue weighted by Crippen LogP contribution is -2.54. The molecule has 2 atom stereocenters. The van der Waals surface area contributed by atoms with E-state index in [1.165, 1.54) is 41.7 Å². The standard InChI is InChI=1S/C33H37FN4O6S2/c1-32(2,3)27(30(39)40)38(31(41)44-33(4,5)6)26-9-7-8-25(37-26)29(46(42,43)24-16-14-23(34)15-17-24)36-20-21-10-12-22(13-11-21)28-35-18-19-45-28/h7-19,27,29,36H,20H2,1-6H3,(H,39,40). The van der Waals surface area contributed by atoms with Gasteiger partial charge in [-0.1, -0.05) is 51.1 Å². The summed E-state index contributed by atoms with van der Waals surface area (Å²) >= 11 is 1.50. The summed E-state index contributed by atoms with van der Waals surface area (Å²) in [7, 11) is -4.24. The predicted octanol–water partition coefficient (Wildman–Crippen LogP) is 6.85. The van der Waals surface area contributed by atoms with Gasteiger partial charge in [0.15, 0.2) is 15.2 Å². The van der Waals surface area contributed by atoms with Crippen LogP contribution in [0.4, 0.5) is 15.0 Å². The normalized spacial score (nSPS) is 13.5. The maximum atomic E-state index is 14.0. The van der Waals surface area contributed by atoms with Gasteiger partial charge in [0.05, 0.1) is 10.6 Å². The molecule has 0 aliphatic heterocycles. The monoisotopic (exact) mass is 668 g/mol. The number of aliphatic carboxylic acids is 1. The Morgan fingerprint density at radius 1 is 1.00 bits per heavy atom. The number of hydrogen-bond donors (Lipinski definition) is 2. The van der Waals surface area contributed by atoms with Crippen molar-refractivity contribution in [2.45, 2.75) is 70.0 Å². The van der Waals surface area contributed by atoms with Crippen molar-refractivity contribution in [2.24, 2.45) is 5.41 Å². The summed E-state index contributed by atoms with van der Waals surface area (Å²) in [5.74, 6) is -2.00. The Morgan fingerprint density at radius 3 is 2.20 bits per heavy atom. The van der Waals surface area contributed by atoms with Crippen LogP contribution in [0.3, 0.4) is 0 Å². The predicted molar refractivity (Wildman–Crippen MR) is 175 cm³/mol. The molecule has 4 aromatic rings. The summed E-state index contributed by atoms with van der Waals surface area (Å²) in [5.41, 5.74) is -0.252. The molecule has 0 saturated carbocycles. The largest absolute Gasteiger partial charge is 0.480 e. The van der Waals surface area contributed by atoms with Crippen LogP contribution in [0.1, 0.15) is 58.2 Å². The highest BCUT2D eigenvalue weighted by Crippen LogP contribution is 2.33. The topological polar surface area (TPSA) is 139 Å². The third-order valence-corrected chi connectivity index (χ3v) is 9.53. The van der Waals surface area contributed by atoms with E-state index in [2.05, 4.69) is 15.3 Å². The van der Waals surface area contributed by atoms with Gasteiger partial charge in [0.2, 0.25) is 0 Å². The van der Waals surface area contributed by atoms with Crippen molar-refractivity contribution in [3.05, 3.63) is 95.4 Å². The second-order valence-electron chi connectivity index (χ2n) is 12.7. The van der Waals surface area contributed by atoms with Crippen LogP contribution >= 0.6 is 11.3 Å². The van der Waals surface area contributed by atoms with Crippen molar-refractivity contribution in [1.82, 2.24) is 15.3 Å². The molecule has 0 fully saturated rings. The Labute approximate surface area is 272 Å². The van der Waals surface area contributed by atoms with E-state index in [1.807, 2.05) is 29.6 Å². The van der Waals surface area contributed by atoms with Crippen LogP contribution in [-0.4, -0.2) is 47.2 Å². The summed E-state index contributed by atoms with van der Waals surface area (Å²) in [4.78, 5) is 35.7. The number of amides is 1. The Kier molecular flexibility index (Phi) is 10.3. The smallest absolute Gasteiger partial charge is 0.416 e. The number of nitrogens with zero attached hydrogens (tertiary/aromatic N) is 3. The van der Waals surface area contributed by atoms with E-state index in [0.29, 0.717) is 0 Å². The molecule has 2 aromatic heterocycles. The Bertz CT molecular complexity index is 1770. The summed E-state index contributed by atoms with van der Waals surface area (Å²) < 4.78 is 47.4. The minimum atomic E-state index is -4.24. The lowest BCUT2D eigenvalue weighted by Gasteiger charge is -2.37. The maximum Gasteiger partial charge on any atom is 0.416 e. The maximum absolute atomic E-state index is 14.0. The van der Waals surface area contributed by atoms with Crippen LogP contribution in [-0.2, 0) is 25.9 Å². The summed E-state index contributed by atoms with van der Waals surface area (Å²) in [5, 5.41) is 14.6. The third-order valence-electron chi connectivity index (χ3n) is 6.75. The number of benzene rings is 2. The minimum Gasteiger partial charge on any atom is -0.480 e. The van der Waals surface area contributed by atoms with E-state index in [9.17, 15) is 27.5 Å². The van der Waals surface area contributed by atoms with E-state index in [0.717, 1.165) is 33.2 Å². The zero-order valence-corrected chi connectivity index (χ0v) is 28.0. The first-order chi connectivity index (χ1) is 21.5. The van der Waals surface area contributed by atoms with E-state index in [1.54, 1.807) is 47.7 Å². The van der Waals surface area contributed by atoms with Gasteiger partial charge in [-0.05, 0) is 68.1 Å². The molecular weight excluding hydrogens is 632 g/mol. The molecule has 13 heteroatoms. The Morgan fingerprint density at radius 2 is 1.65 bits per heavy atom. The lowest BCUT2D eigenvalue weighted by molar-refractivity contribution is -0.141. The zero-order chi connectivity index (χ0) is 33.9. The number of carboxylic acid groups (broad SMARTS) is 1. The SMILES string of the molecule is CC(C)(C)OC(=O)N(c1cccc(C(NCc2ccc(-c3nccs3)cc2)S(=O)(=O)c2ccc(F)cc2)n1)C(C(=O)O)C(C)(C)C. The molecule has 0 bridgehead atoms. The number of hydrogen-bond acceptors (Lipinski definition) is 9. The number of carbonyl (C=O) groups excluding carboxylic acids is 1. The summed E-state index contributed by atoms with van der Waals surface area (Å²) in [6.45, 7) is 10.0. The van der Waals surface area contributed by atoms with Gasteiger partial charge in [-0.25, -0.2) is 37.3 Å². The number of carbonyl (C=O) groups is 2. The molecule has 0 radical (unpaired) electrons. The average Bonchev–Trinajstić information content (AvgIpc) is 3.50. The quantitative estimate of drug-likeness (QED) is 0.174. The van der Waals surface area contributed by atoms with Gasteiger partial charge in [-0.3, -0.25) is 5.32 Å². The molecule has 0 spiro atoms. The molecule has 244 valence electrons. The number of halogens is 1. The molecule has 46 heavy (non-hydrogen) atoms. The van der Waals surface area contributed by atoms with Gasteiger partial charge in [-0.15, -0.1) is 11.3 Å². The van der Waals surface area contributed by atoms with Crippen LogP contribution in [0.5, 0.6) is 0 Å². The van der Waals surface area contributed by atoms with Crippen molar-refractivity contribution in [1.29, 1.82) is 0 Å². The fraction of sp³-hybridized carbons (Fsp3) is 0.333. The van der Waals surface area contributed by atoms with Crippen LogP contribution in [0.25, 0.3) is 10.6 Å². The Hall–Kier alpha value is -4.20. The fourth-order valence-electron chi connectivity index (χ4n) is 4.71. The van der Waals surface area contributed by atoms with Gasteiger partial charge in [-0.2, -0.15) is 0 Å². The summed E-state index contributed by atoms with van der Waals surface area (Å²) in [6.07, 6.45) is 0.761. The van der Waals surface area contributed by atoms with Crippen molar-refractivity contribution in [2.75, 3.05) is 4.90 Å². The number of rotatable bonds is 10. The fourth-order valence-corrected chi connectivity index (χ4v) is 6.89.